The Morgan fingerprint density at radius 3 is 2.76 bits per heavy atom. The molecular weight excluding hydrogens is 366 g/mol. The van der Waals surface area contributed by atoms with Crippen molar-refractivity contribution in [1.29, 1.82) is 0 Å². The van der Waals surface area contributed by atoms with Gasteiger partial charge in [-0.2, -0.15) is 5.10 Å². The van der Waals surface area contributed by atoms with Gasteiger partial charge >= 0.3 is 0 Å². The van der Waals surface area contributed by atoms with E-state index in [1.807, 2.05) is 57.4 Å². The van der Waals surface area contributed by atoms with Gasteiger partial charge in [0.2, 0.25) is 0 Å². The quantitative estimate of drug-likeness (QED) is 0.721. The lowest BCUT2D eigenvalue weighted by atomic mass is 10.0. The van der Waals surface area contributed by atoms with Gasteiger partial charge in [-0.15, -0.1) is 0 Å². The number of fused-ring (bicyclic) bond motifs is 1. The van der Waals surface area contributed by atoms with Crippen LogP contribution >= 0.6 is 0 Å². The van der Waals surface area contributed by atoms with Gasteiger partial charge in [-0.05, 0) is 26.0 Å². The van der Waals surface area contributed by atoms with Gasteiger partial charge in [0.15, 0.2) is 0 Å². The predicted octanol–water partition coefficient (Wildman–Crippen LogP) is 2.39. The number of benzene rings is 1. The summed E-state index contributed by atoms with van der Waals surface area (Å²) >= 11 is 0. The van der Waals surface area contributed by atoms with Crippen LogP contribution in [-0.2, 0) is 11.8 Å². The molecule has 1 amide bonds. The second kappa shape index (κ2) is 8.31. The maximum atomic E-state index is 13.2. The maximum Gasteiger partial charge on any atom is 0.252 e. The molecule has 7 nitrogen and oxygen atoms in total. The van der Waals surface area contributed by atoms with Gasteiger partial charge in [0.05, 0.1) is 35.7 Å². The van der Waals surface area contributed by atoms with Crippen molar-refractivity contribution in [3.8, 4) is 11.3 Å². The monoisotopic (exact) mass is 393 g/mol. The van der Waals surface area contributed by atoms with Crippen molar-refractivity contribution in [3.05, 3.63) is 47.8 Å². The van der Waals surface area contributed by atoms with E-state index >= 15 is 0 Å². The second-order valence-electron chi connectivity index (χ2n) is 7.66. The molecule has 4 rings (SSSR count). The minimum absolute atomic E-state index is 0.0381. The first-order chi connectivity index (χ1) is 14.0. The predicted molar refractivity (Wildman–Crippen MR) is 113 cm³/mol. The summed E-state index contributed by atoms with van der Waals surface area (Å²) < 4.78 is 7.17. The van der Waals surface area contributed by atoms with E-state index in [2.05, 4.69) is 15.3 Å². The van der Waals surface area contributed by atoms with Crippen LogP contribution in [0.3, 0.4) is 0 Å². The summed E-state index contributed by atoms with van der Waals surface area (Å²) in [6.07, 6.45) is 1.94. The summed E-state index contributed by atoms with van der Waals surface area (Å²) in [6, 6.07) is 9.69. The van der Waals surface area contributed by atoms with Gasteiger partial charge in [-0.3, -0.25) is 14.4 Å². The number of hydrogen-bond acceptors (Lipinski definition) is 5. The molecule has 2 aromatic heterocycles. The standard InChI is InChI=1S/C22H27N5O2/c1-15(13-27-8-10-29-11-9-27)23-22(28)18-12-21(19-14-26(3)25-16(19)2)24-20-7-5-4-6-17(18)20/h4-7,12,14-15H,8-11,13H2,1-3H3,(H,23,28). The molecular formula is C22H27N5O2. The number of carbonyl (C=O) groups excluding carboxylic acids is 1. The smallest absolute Gasteiger partial charge is 0.252 e. The van der Waals surface area contributed by atoms with Crippen molar-refractivity contribution in [2.75, 3.05) is 32.8 Å². The number of amides is 1. The highest BCUT2D eigenvalue weighted by atomic mass is 16.5. The Morgan fingerprint density at radius 2 is 2.03 bits per heavy atom. The Balaban J connectivity index is 1.63. The van der Waals surface area contributed by atoms with Crippen LogP contribution in [0.15, 0.2) is 36.5 Å². The van der Waals surface area contributed by atoms with Gasteiger partial charge in [0.1, 0.15) is 0 Å². The summed E-state index contributed by atoms with van der Waals surface area (Å²) in [4.78, 5) is 20.3. The Labute approximate surface area is 170 Å². The number of aryl methyl sites for hydroxylation is 2. The number of carbonyl (C=O) groups is 1. The number of nitrogens with zero attached hydrogens (tertiary/aromatic N) is 4. The van der Waals surface area contributed by atoms with Crippen molar-refractivity contribution in [1.82, 2.24) is 25.0 Å². The first kappa shape index (κ1) is 19.5. The van der Waals surface area contributed by atoms with E-state index in [9.17, 15) is 4.79 Å². The lowest BCUT2D eigenvalue weighted by Gasteiger charge is -2.29. The van der Waals surface area contributed by atoms with Crippen molar-refractivity contribution in [3.63, 3.8) is 0 Å². The topological polar surface area (TPSA) is 72.3 Å². The van der Waals surface area contributed by atoms with Gasteiger partial charge in [-0.1, -0.05) is 18.2 Å². The van der Waals surface area contributed by atoms with E-state index < -0.39 is 0 Å². The second-order valence-corrected chi connectivity index (χ2v) is 7.66. The molecule has 29 heavy (non-hydrogen) atoms. The zero-order valence-electron chi connectivity index (χ0n) is 17.2. The number of nitrogens with one attached hydrogen (secondary N) is 1. The molecule has 152 valence electrons. The third-order valence-corrected chi connectivity index (χ3v) is 5.26. The number of rotatable bonds is 5. The largest absolute Gasteiger partial charge is 0.379 e. The molecule has 3 heterocycles. The molecule has 0 bridgehead atoms. The molecule has 1 aliphatic rings. The minimum atomic E-state index is -0.0767. The van der Waals surface area contributed by atoms with Crippen LogP contribution in [0.1, 0.15) is 23.0 Å². The van der Waals surface area contributed by atoms with Gasteiger partial charge in [0, 0.05) is 49.9 Å². The van der Waals surface area contributed by atoms with E-state index in [0.29, 0.717) is 5.56 Å². The van der Waals surface area contributed by atoms with Crippen LogP contribution in [0.25, 0.3) is 22.2 Å². The Kier molecular flexibility index (Phi) is 5.60. The highest BCUT2D eigenvalue weighted by molar-refractivity contribution is 6.07. The summed E-state index contributed by atoms with van der Waals surface area (Å²) in [6.45, 7) is 8.13. The van der Waals surface area contributed by atoms with E-state index in [0.717, 1.165) is 60.7 Å². The van der Waals surface area contributed by atoms with Crippen LogP contribution in [0.5, 0.6) is 0 Å². The zero-order chi connectivity index (χ0) is 20.4. The SMILES string of the molecule is Cc1nn(C)cc1-c1cc(C(=O)NC(C)CN2CCOCC2)c2ccccc2n1. The van der Waals surface area contributed by atoms with E-state index in [-0.39, 0.29) is 11.9 Å². The molecule has 1 aliphatic heterocycles. The average Bonchev–Trinajstić information content (AvgIpc) is 3.05. The summed E-state index contributed by atoms with van der Waals surface area (Å²) in [5.74, 6) is -0.0767. The van der Waals surface area contributed by atoms with Crippen LogP contribution < -0.4 is 5.32 Å². The lowest BCUT2D eigenvalue weighted by Crippen LogP contribution is -2.46. The fourth-order valence-electron chi connectivity index (χ4n) is 3.87. The van der Waals surface area contributed by atoms with Crippen LogP contribution in [0.4, 0.5) is 0 Å². The molecule has 1 unspecified atom stereocenters. The molecule has 1 atom stereocenters. The maximum absolute atomic E-state index is 13.2. The van der Waals surface area contributed by atoms with Crippen molar-refractivity contribution >= 4 is 16.8 Å². The summed E-state index contributed by atoms with van der Waals surface area (Å²) in [5.41, 5.74) is 4.04. The molecule has 1 fully saturated rings. The molecule has 3 aromatic rings. The number of aromatic nitrogens is 3. The van der Waals surface area contributed by atoms with E-state index in [1.165, 1.54) is 0 Å². The normalized spacial score (nSPS) is 16.1. The van der Waals surface area contributed by atoms with Crippen molar-refractivity contribution in [2.24, 2.45) is 7.05 Å². The van der Waals surface area contributed by atoms with Gasteiger partial charge in [0.25, 0.3) is 5.91 Å². The fraction of sp³-hybridized carbons (Fsp3) is 0.409. The molecule has 0 aliphatic carbocycles. The number of morpholine rings is 1. The molecule has 0 saturated carbocycles. The number of pyridine rings is 1. The Hall–Kier alpha value is -2.77. The number of para-hydroxylation sites is 1. The molecule has 1 aromatic carbocycles. The Bertz CT molecular complexity index is 1020. The zero-order valence-corrected chi connectivity index (χ0v) is 17.2. The van der Waals surface area contributed by atoms with Crippen LogP contribution in [0.2, 0.25) is 0 Å². The highest BCUT2D eigenvalue weighted by Gasteiger charge is 2.19. The average molecular weight is 393 g/mol. The third kappa shape index (κ3) is 4.31. The summed E-state index contributed by atoms with van der Waals surface area (Å²) in [5, 5.41) is 8.44. The molecule has 0 radical (unpaired) electrons. The molecule has 1 N–H and O–H groups in total. The van der Waals surface area contributed by atoms with Crippen molar-refractivity contribution < 1.29 is 9.53 Å². The molecule has 1 saturated heterocycles. The van der Waals surface area contributed by atoms with Crippen LogP contribution in [0, 0.1) is 6.92 Å². The minimum Gasteiger partial charge on any atom is -0.379 e. The fourth-order valence-corrected chi connectivity index (χ4v) is 3.87. The third-order valence-electron chi connectivity index (χ3n) is 5.26. The van der Waals surface area contributed by atoms with E-state index in [1.54, 1.807) is 4.68 Å². The lowest BCUT2D eigenvalue weighted by molar-refractivity contribution is 0.0342. The van der Waals surface area contributed by atoms with Crippen LogP contribution in [-0.4, -0.2) is 64.5 Å². The van der Waals surface area contributed by atoms with Gasteiger partial charge < -0.3 is 10.1 Å². The molecule has 0 spiro atoms. The summed E-state index contributed by atoms with van der Waals surface area (Å²) in [7, 11) is 1.89. The van der Waals surface area contributed by atoms with E-state index in [4.69, 9.17) is 9.72 Å². The van der Waals surface area contributed by atoms with Crippen molar-refractivity contribution in [2.45, 2.75) is 19.9 Å². The molecule has 7 heteroatoms. The first-order valence-electron chi connectivity index (χ1n) is 10.0. The highest BCUT2D eigenvalue weighted by Crippen LogP contribution is 2.26. The number of hydrogen-bond donors (Lipinski definition) is 1. The number of ether oxygens (including phenoxy) is 1. The van der Waals surface area contributed by atoms with Gasteiger partial charge in [-0.25, -0.2) is 4.98 Å². The Morgan fingerprint density at radius 1 is 1.28 bits per heavy atom. The first-order valence-corrected chi connectivity index (χ1v) is 10.0.